The maximum absolute atomic E-state index is 12.1. The van der Waals surface area contributed by atoms with Crippen molar-refractivity contribution in [2.45, 2.75) is 9.79 Å². The molecule has 21 heavy (non-hydrogen) atoms. The lowest BCUT2D eigenvalue weighted by Gasteiger charge is -2.09. The summed E-state index contributed by atoms with van der Waals surface area (Å²) in [5.74, 6) is 0. The first kappa shape index (κ1) is 14.7. The molecule has 3 rings (SSSR count). The third kappa shape index (κ3) is 3.03. The summed E-state index contributed by atoms with van der Waals surface area (Å²) in [6.45, 7) is 0. The molecule has 0 saturated carbocycles. The Morgan fingerprint density at radius 2 is 1.81 bits per heavy atom. The van der Waals surface area contributed by atoms with Crippen LogP contribution in [-0.4, -0.2) is 4.57 Å². The predicted molar refractivity (Wildman–Crippen MR) is 88.0 cm³/mol. The fraction of sp³-hybridized carbons (Fsp3) is 0.0625. The fourth-order valence-electron chi connectivity index (χ4n) is 2.12. The molecule has 1 heterocycles. The highest BCUT2D eigenvalue weighted by atomic mass is 79.9. The van der Waals surface area contributed by atoms with Crippen molar-refractivity contribution in [1.29, 1.82) is 0 Å². The van der Waals surface area contributed by atoms with E-state index < -0.39 is 0 Å². The Morgan fingerprint density at radius 1 is 1.10 bits per heavy atom. The number of hydrogen-bond donors (Lipinski definition) is 0. The first-order valence-corrected chi connectivity index (χ1v) is 8.30. The molecule has 5 heteroatoms. The van der Waals surface area contributed by atoms with Crippen molar-refractivity contribution in [1.82, 2.24) is 4.57 Å². The van der Waals surface area contributed by atoms with E-state index in [0.717, 1.165) is 30.2 Å². The van der Waals surface area contributed by atoms with Gasteiger partial charge in [0.15, 0.2) is 11.6 Å². The molecular formula is C16H12BrClNOS+. The SMILES string of the molecule is Cn1c(=O)cc(Sc2ccc(Br)cc2)c2cc([ClH+])ccc21. The molecule has 0 saturated heterocycles. The molecule has 1 aromatic heterocycles. The number of hydrogen-bond acceptors (Lipinski definition) is 2. The summed E-state index contributed by atoms with van der Waals surface area (Å²) in [4.78, 5) is 14.1. The van der Waals surface area contributed by atoms with Gasteiger partial charge in [0.2, 0.25) is 5.02 Å². The normalized spacial score (nSPS) is 11.0. The molecule has 0 atom stereocenters. The molecule has 0 aliphatic carbocycles. The van der Waals surface area contributed by atoms with Crippen molar-refractivity contribution >= 4 is 38.6 Å². The van der Waals surface area contributed by atoms with Gasteiger partial charge >= 0.3 is 0 Å². The third-order valence-corrected chi connectivity index (χ3v) is 5.07. The van der Waals surface area contributed by atoms with Crippen LogP contribution in [0.25, 0.3) is 10.9 Å². The summed E-state index contributed by atoms with van der Waals surface area (Å²) in [6.07, 6.45) is 0. The second-order valence-electron chi connectivity index (χ2n) is 4.64. The van der Waals surface area contributed by atoms with Gasteiger partial charge in [0.05, 0.1) is 5.52 Å². The van der Waals surface area contributed by atoms with Crippen LogP contribution < -0.4 is 5.56 Å². The molecule has 0 aliphatic rings. The first-order valence-electron chi connectivity index (χ1n) is 6.29. The van der Waals surface area contributed by atoms with Crippen LogP contribution >= 0.6 is 27.7 Å². The van der Waals surface area contributed by atoms with Crippen molar-refractivity contribution in [2.75, 3.05) is 0 Å². The zero-order valence-electron chi connectivity index (χ0n) is 11.2. The van der Waals surface area contributed by atoms with Crippen LogP contribution in [0, 0.1) is 11.6 Å². The van der Waals surface area contributed by atoms with Gasteiger partial charge in [0.25, 0.3) is 5.56 Å². The Hall–Kier alpha value is -1.23. The second-order valence-corrected chi connectivity index (χ2v) is 7.14. The Bertz CT molecular complexity index is 874. The van der Waals surface area contributed by atoms with Crippen molar-refractivity contribution in [3.63, 3.8) is 0 Å². The van der Waals surface area contributed by atoms with E-state index in [0.29, 0.717) is 0 Å². The van der Waals surface area contributed by atoms with E-state index in [9.17, 15) is 4.79 Å². The number of benzene rings is 2. The molecule has 0 radical (unpaired) electrons. The predicted octanol–water partition coefficient (Wildman–Crippen LogP) is 4.15. The van der Waals surface area contributed by atoms with E-state index in [1.165, 1.54) is 0 Å². The quantitative estimate of drug-likeness (QED) is 0.665. The molecule has 2 aromatic carbocycles. The number of halogens is 2. The summed E-state index contributed by atoms with van der Waals surface area (Å²) in [6, 6.07) is 15.4. The lowest BCUT2D eigenvalue weighted by Crippen LogP contribution is -2.16. The van der Waals surface area contributed by atoms with Crippen LogP contribution in [0.5, 0.6) is 0 Å². The Kier molecular flexibility index (Phi) is 4.11. The summed E-state index contributed by atoms with van der Waals surface area (Å²) in [5.41, 5.74) is 0.884. The third-order valence-electron chi connectivity index (χ3n) is 3.22. The first-order chi connectivity index (χ1) is 10.0. The summed E-state index contributed by atoms with van der Waals surface area (Å²) in [5, 5.41) is 1.79. The van der Waals surface area contributed by atoms with E-state index in [1.807, 2.05) is 42.5 Å². The van der Waals surface area contributed by atoms with Gasteiger partial charge in [0, 0.05) is 44.9 Å². The van der Waals surface area contributed by atoms with Gasteiger partial charge in [0.1, 0.15) is 0 Å². The number of rotatable bonds is 2. The topological polar surface area (TPSA) is 22.0 Å². The number of nitrogens with zero attached hydrogens (tertiary/aromatic N) is 1. The highest BCUT2D eigenvalue weighted by Crippen LogP contribution is 2.33. The van der Waals surface area contributed by atoms with Crippen LogP contribution in [0.1, 0.15) is 0 Å². The maximum atomic E-state index is 12.1. The minimum absolute atomic E-state index is 0.0146. The molecule has 0 fully saturated rings. The van der Waals surface area contributed by atoms with Gasteiger partial charge < -0.3 is 4.57 Å². The van der Waals surface area contributed by atoms with Crippen LogP contribution in [-0.2, 0) is 7.05 Å². The molecule has 2 nitrogen and oxygen atoms in total. The van der Waals surface area contributed by atoms with Crippen molar-refractivity contribution in [3.05, 3.63) is 68.4 Å². The van der Waals surface area contributed by atoms with Gasteiger partial charge in [-0.2, -0.15) is 0 Å². The van der Waals surface area contributed by atoms with Crippen LogP contribution in [0.3, 0.4) is 0 Å². The van der Waals surface area contributed by atoms with E-state index in [-0.39, 0.29) is 5.56 Å². The van der Waals surface area contributed by atoms with E-state index in [2.05, 4.69) is 15.9 Å². The van der Waals surface area contributed by atoms with Gasteiger partial charge in [-0.15, -0.1) is 0 Å². The number of aryl methyl sites for hydroxylation is 1. The van der Waals surface area contributed by atoms with Gasteiger partial charge in [-0.1, -0.05) is 27.7 Å². The maximum Gasteiger partial charge on any atom is 0.251 e. The molecule has 0 bridgehead atoms. The zero-order valence-corrected chi connectivity index (χ0v) is 14.4. The molecular weight excluding hydrogens is 370 g/mol. The standard InChI is InChI=1S/C16H12BrClNOS/c1-19-14-7-4-11(18)8-13(14)15(9-16(19)20)21-12-5-2-10(17)3-6-12/h2-9,18H,1H3/q+1. The lowest BCUT2D eigenvalue weighted by atomic mass is 10.2. The summed E-state index contributed by atoms with van der Waals surface area (Å²) >= 11 is 10.3. The molecule has 3 aromatic rings. The average molecular weight is 382 g/mol. The number of fused-ring (bicyclic) bond motifs is 1. The minimum Gasteiger partial charge on any atom is -0.311 e. The number of aromatic nitrogens is 1. The average Bonchev–Trinajstić information content (AvgIpc) is 2.47. The van der Waals surface area contributed by atoms with Crippen molar-refractivity contribution in [2.24, 2.45) is 7.05 Å². The van der Waals surface area contributed by atoms with Gasteiger partial charge in [-0.05, 0) is 30.3 Å². The molecule has 106 valence electrons. The van der Waals surface area contributed by atoms with Crippen LogP contribution in [0.15, 0.2) is 67.6 Å². The van der Waals surface area contributed by atoms with E-state index in [4.69, 9.17) is 11.6 Å². The number of pyridine rings is 1. The smallest absolute Gasteiger partial charge is 0.251 e. The van der Waals surface area contributed by atoms with Crippen molar-refractivity contribution in [3.8, 4) is 0 Å². The molecule has 0 aliphatic heterocycles. The summed E-state index contributed by atoms with van der Waals surface area (Å²) in [7, 11) is 1.78. The molecule has 0 amide bonds. The van der Waals surface area contributed by atoms with Crippen LogP contribution in [0.2, 0.25) is 5.02 Å². The Labute approximate surface area is 139 Å². The lowest BCUT2D eigenvalue weighted by molar-refractivity contribution is -0.288. The summed E-state index contributed by atoms with van der Waals surface area (Å²) < 4.78 is 2.68. The second kappa shape index (κ2) is 5.87. The fourth-order valence-corrected chi connectivity index (χ4v) is 3.53. The van der Waals surface area contributed by atoms with E-state index >= 15 is 0 Å². The highest BCUT2D eigenvalue weighted by molar-refractivity contribution is 9.10. The molecule has 0 N–H and O–H groups in total. The zero-order chi connectivity index (χ0) is 15.0. The molecule has 0 spiro atoms. The largest absolute Gasteiger partial charge is 0.311 e. The monoisotopic (exact) mass is 380 g/mol. The molecule has 0 unspecified atom stereocenters. The highest BCUT2D eigenvalue weighted by Gasteiger charge is 2.10. The van der Waals surface area contributed by atoms with Gasteiger partial charge in [-0.3, -0.25) is 4.79 Å². The van der Waals surface area contributed by atoms with Crippen LogP contribution in [0.4, 0.5) is 0 Å². The Morgan fingerprint density at radius 3 is 2.52 bits per heavy atom. The minimum atomic E-state index is -0.0146. The van der Waals surface area contributed by atoms with Gasteiger partial charge in [-0.25, -0.2) is 0 Å². The van der Waals surface area contributed by atoms with E-state index in [1.54, 1.807) is 29.4 Å². The Balaban J connectivity index is 2.17. The van der Waals surface area contributed by atoms with Crippen molar-refractivity contribution < 1.29 is 11.6 Å².